The molecule has 0 aliphatic carbocycles. The monoisotopic (exact) mass is 275 g/mol. The second-order valence-corrected chi connectivity index (χ2v) is 5.00. The predicted molar refractivity (Wildman–Crippen MR) is 80.5 cm³/mol. The first-order valence-electron chi connectivity index (χ1n) is 6.91. The number of H-pyrrole nitrogens is 1. The van der Waals surface area contributed by atoms with Crippen LogP contribution < -0.4 is 11.1 Å². The average Bonchev–Trinajstić information content (AvgIpc) is 2.85. The average molecular weight is 275 g/mol. The molecule has 1 unspecified atom stereocenters. The number of carbonyl (C=O) groups excluding carboxylic acids is 1. The van der Waals surface area contributed by atoms with Crippen molar-refractivity contribution in [3.8, 4) is 0 Å². The lowest BCUT2D eigenvalue weighted by molar-refractivity contribution is 0.0945. The number of nitrogens with one attached hydrogen (secondary N) is 2. The molecule has 0 radical (unpaired) electrons. The molecule has 20 heavy (non-hydrogen) atoms. The summed E-state index contributed by atoms with van der Waals surface area (Å²) < 4.78 is 0. The third kappa shape index (κ3) is 3.11. The van der Waals surface area contributed by atoms with E-state index in [9.17, 15) is 4.79 Å². The number of nitrogens with two attached hydrogens (primary N) is 1. The molecule has 1 aromatic carbocycles. The zero-order chi connectivity index (χ0) is 14.5. The molecule has 0 aliphatic heterocycles. The number of nitrogen functional groups attached to an aromatic ring is 1. The molecule has 0 saturated carbocycles. The van der Waals surface area contributed by atoms with Crippen molar-refractivity contribution < 1.29 is 9.90 Å². The lowest BCUT2D eigenvalue weighted by atomic mass is 10.0. The summed E-state index contributed by atoms with van der Waals surface area (Å²) in [7, 11) is 0. The lowest BCUT2D eigenvalue weighted by Crippen LogP contribution is -2.29. The number of aliphatic hydroxyl groups excluding tert-OH is 1. The lowest BCUT2D eigenvalue weighted by Gasteiger charge is -2.14. The minimum absolute atomic E-state index is 0.0996. The van der Waals surface area contributed by atoms with Crippen LogP contribution in [0.1, 0.15) is 30.1 Å². The second-order valence-electron chi connectivity index (χ2n) is 5.00. The number of rotatable bonds is 6. The maximum Gasteiger partial charge on any atom is 0.253 e. The van der Waals surface area contributed by atoms with E-state index >= 15 is 0 Å². The first-order chi connectivity index (χ1) is 9.65. The molecule has 5 N–H and O–H groups in total. The Morgan fingerprint density at radius 1 is 1.50 bits per heavy atom. The summed E-state index contributed by atoms with van der Waals surface area (Å²) in [5.41, 5.74) is 7.86. The van der Waals surface area contributed by atoms with Gasteiger partial charge in [0.2, 0.25) is 0 Å². The van der Waals surface area contributed by atoms with Gasteiger partial charge in [0.15, 0.2) is 0 Å². The molecule has 108 valence electrons. The molecule has 1 heterocycles. The van der Waals surface area contributed by atoms with Gasteiger partial charge in [0.1, 0.15) is 0 Å². The van der Waals surface area contributed by atoms with Crippen LogP contribution in [0, 0.1) is 5.92 Å². The van der Waals surface area contributed by atoms with E-state index in [1.807, 2.05) is 12.1 Å². The van der Waals surface area contributed by atoms with Crippen molar-refractivity contribution in [3.63, 3.8) is 0 Å². The number of anilines is 1. The van der Waals surface area contributed by atoms with Crippen molar-refractivity contribution in [2.75, 3.05) is 18.9 Å². The van der Waals surface area contributed by atoms with Gasteiger partial charge in [-0.3, -0.25) is 4.79 Å². The minimum Gasteiger partial charge on any atom is -0.399 e. The van der Waals surface area contributed by atoms with Gasteiger partial charge in [-0.25, -0.2) is 0 Å². The van der Waals surface area contributed by atoms with Crippen LogP contribution in [-0.4, -0.2) is 29.1 Å². The van der Waals surface area contributed by atoms with Crippen LogP contribution in [0.2, 0.25) is 0 Å². The molecule has 5 nitrogen and oxygen atoms in total. The maximum atomic E-state index is 12.2. The number of aromatic amines is 1. The van der Waals surface area contributed by atoms with E-state index in [1.54, 1.807) is 12.3 Å². The Bertz CT molecular complexity index is 592. The van der Waals surface area contributed by atoms with Gasteiger partial charge >= 0.3 is 0 Å². The molecule has 0 bridgehead atoms. The zero-order valence-electron chi connectivity index (χ0n) is 11.6. The van der Waals surface area contributed by atoms with Crippen LogP contribution in [0.25, 0.3) is 10.9 Å². The molecule has 1 atom stereocenters. The predicted octanol–water partition coefficient (Wildman–Crippen LogP) is 1.89. The fourth-order valence-corrected chi connectivity index (χ4v) is 2.30. The van der Waals surface area contributed by atoms with Crippen LogP contribution in [0.15, 0.2) is 24.4 Å². The molecule has 0 spiro atoms. The van der Waals surface area contributed by atoms with E-state index in [1.165, 1.54) is 0 Å². The van der Waals surface area contributed by atoms with Crippen LogP contribution in [0.4, 0.5) is 5.69 Å². The zero-order valence-corrected chi connectivity index (χ0v) is 11.6. The molecule has 0 fully saturated rings. The summed E-state index contributed by atoms with van der Waals surface area (Å²) in [6, 6.07) is 5.45. The SMILES string of the molecule is CCC(CCO)CNC(=O)c1c[nH]c2cc(N)ccc12. The quantitative estimate of drug-likeness (QED) is 0.607. The number of benzene rings is 1. The summed E-state index contributed by atoms with van der Waals surface area (Å²) in [5.74, 6) is 0.210. The molecule has 1 amide bonds. The highest BCUT2D eigenvalue weighted by Crippen LogP contribution is 2.20. The molecule has 0 saturated heterocycles. The van der Waals surface area contributed by atoms with Gasteiger partial charge in [0.05, 0.1) is 5.56 Å². The van der Waals surface area contributed by atoms with Gasteiger partial charge in [-0.2, -0.15) is 0 Å². The molecule has 0 aliphatic rings. The standard InChI is InChI=1S/C15H21N3O2/c1-2-10(5-6-19)8-18-15(20)13-9-17-14-7-11(16)3-4-12(13)14/h3-4,7,9-10,17,19H,2,5-6,8,16H2,1H3,(H,18,20). The van der Waals surface area contributed by atoms with Crippen LogP contribution in [0.3, 0.4) is 0 Å². The Kier molecular flexibility index (Phi) is 4.63. The number of fused-ring (bicyclic) bond motifs is 1. The third-order valence-corrected chi connectivity index (χ3v) is 3.62. The van der Waals surface area contributed by atoms with E-state index in [0.717, 1.165) is 17.3 Å². The van der Waals surface area contributed by atoms with E-state index in [2.05, 4.69) is 17.2 Å². The van der Waals surface area contributed by atoms with Crippen molar-refractivity contribution in [1.29, 1.82) is 0 Å². The normalized spacial score (nSPS) is 12.5. The number of aromatic nitrogens is 1. The first kappa shape index (κ1) is 14.4. The fraction of sp³-hybridized carbons (Fsp3) is 0.400. The Morgan fingerprint density at radius 2 is 2.30 bits per heavy atom. The van der Waals surface area contributed by atoms with Crippen LogP contribution >= 0.6 is 0 Å². The largest absolute Gasteiger partial charge is 0.399 e. The summed E-state index contributed by atoms with van der Waals surface area (Å²) in [4.78, 5) is 15.3. The number of carbonyl (C=O) groups is 1. The maximum absolute atomic E-state index is 12.2. The van der Waals surface area contributed by atoms with E-state index in [0.29, 0.717) is 30.1 Å². The molecule has 2 rings (SSSR count). The van der Waals surface area contributed by atoms with Crippen LogP contribution in [-0.2, 0) is 0 Å². The van der Waals surface area contributed by atoms with Gasteiger partial charge in [-0.1, -0.05) is 13.3 Å². The fourth-order valence-electron chi connectivity index (χ4n) is 2.30. The van der Waals surface area contributed by atoms with Gasteiger partial charge in [-0.05, 0) is 30.5 Å². The van der Waals surface area contributed by atoms with Gasteiger partial charge in [-0.15, -0.1) is 0 Å². The minimum atomic E-state index is -0.0996. The number of aliphatic hydroxyl groups is 1. The number of hydrogen-bond acceptors (Lipinski definition) is 3. The van der Waals surface area contributed by atoms with Gasteiger partial charge in [0.25, 0.3) is 5.91 Å². The third-order valence-electron chi connectivity index (χ3n) is 3.62. The van der Waals surface area contributed by atoms with E-state index < -0.39 is 0 Å². The number of hydrogen-bond donors (Lipinski definition) is 4. The molecule has 5 heteroatoms. The van der Waals surface area contributed by atoms with Gasteiger partial charge in [0, 0.05) is 35.9 Å². The highest BCUT2D eigenvalue weighted by atomic mass is 16.3. The van der Waals surface area contributed by atoms with Crippen molar-refractivity contribution in [1.82, 2.24) is 10.3 Å². The van der Waals surface area contributed by atoms with Gasteiger partial charge < -0.3 is 21.1 Å². The second kappa shape index (κ2) is 6.43. The van der Waals surface area contributed by atoms with Crippen LogP contribution in [0.5, 0.6) is 0 Å². The Balaban J connectivity index is 2.08. The van der Waals surface area contributed by atoms with E-state index in [-0.39, 0.29) is 12.5 Å². The first-order valence-corrected chi connectivity index (χ1v) is 6.91. The summed E-state index contributed by atoms with van der Waals surface area (Å²) in [6.45, 7) is 2.79. The molecule has 2 aromatic rings. The Morgan fingerprint density at radius 3 is 3.00 bits per heavy atom. The van der Waals surface area contributed by atoms with Crippen molar-refractivity contribution in [3.05, 3.63) is 30.0 Å². The summed E-state index contributed by atoms with van der Waals surface area (Å²) in [6.07, 6.45) is 3.35. The number of amides is 1. The molecular formula is C15H21N3O2. The Hall–Kier alpha value is -2.01. The van der Waals surface area contributed by atoms with Crippen molar-refractivity contribution >= 4 is 22.5 Å². The topological polar surface area (TPSA) is 91.1 Å². The Labute approximate surface area is 118 Å². The molecule has 1 aromatic heterocycles. The van der Waals surface area contributed by atoms with E-state index in [4.69, 9.17) is 10.8 Å². The van der Waals surface area contributed by atoms with Crippen molar-refractivity contribution in [2.24, 2.45) is 5.92 Å². The molecular weight excluding hydrogens is 254 g/mol. The summed E-state index contributed by atoms with van der Waals surface area (Å²) >= 11 is 0. The van der Waals surface area contributed by atoms with Crippen molar-refractivity contribution in [2.45, 2.75) is 19.8 Å². The smallest absolute Gasteiger partial charge is 0.253 e. The highest BCUT2D eigenvalue weighted by molar-refractivity contribution is 6.07. The summed E-state index contributed by atoms with van der Waals surface area (Å²) in [5, 5.41) is 12.7. The highest BCUT2D eigenvalue weighted by Gasteiger charge is 2.13.